The number of H-pyrrole nitrogens is 1. The number of nitrogens with zero attached hydrogens (tertiary/aromatic N) is 1. The fraction of sp³-hybridized carbons (Fsp3) is 0.583. The van der Waals surface area contributed by atoms with Gasteiger partial charge in [0.2, 0.25) is 5.91 Å². The molecule has 0 saturated carbocycles. The number of anilines is 1. The molecule has 0 aliphatic heterocycles. The number of rotatable bonds is 4. The van der Waals surface area contributed by atoms with E-state index in [0.29, 0.717) is 5.82 Å². The number of carbonyl (C=O) groups excluding carboxylic acids is 2. The van der Waals surface area contributed by atoms with Crippen molar-refractivity contribution in [2.45, 2.75) is 39.7 Å². The fourth-order valence-electron chi connectivity index (χ4n) is 1.28. The Morgan fingerprint density at radius 3 is 2.63 bits per heavy atom. The molecule has 0 aliphatic carbocycles. The van der Waals surface area contributed by atoms with Crippen molar-refractivity contribution in [3.8, 4) is 0 Å². The van der Waals surface area contributed by atoms with E-state index in [1.54, 1.807) is 26.8 Å². The van der Waals surface area contributed by atoms with Crippen molar-refractivity contribution in [2.75, 3.05) is 11.9 Å². The van der Waals surface area contributed by atoms with Crippen molar-refractivity contribution in [3.05, 3.63) is 11.8 Å². The molecule has 1 aromatic rings. The van der Waals surface area contributed by atoms with Gasteiger partial charge in [-0.3, -0.25) is 9.89 Å². The highest BCUT2D eigenvalue weighted by Gasteiger charge is 2.15. The molecular weight excluding hydrogens is 248 g/mol. The van der Waals surface area contributed by atoms with E-state index in [-0.39, 0.29) is 18.9 Å². The molecule has 7 nitrogen and oxygen atoms in total. The van der Waals surface area contributed by atoms with E-state index in [1.165, 1.54) is 0 Å². The Morgan fingerprint density at radius 2 is 2.11 bits per heavy atom. The number of aryl methyl sites for hydroxylation is 1. The average Bonchev–Trinajstić information content (AvgIpc) is 2.61. The SMILES string of the molecule is Cc1cc(NC(=O)CCNC(=O)OC(C)(C)C)n[nH]1. The highest BCUT2D eigenvalue weighted by atomic mass is 16.6. The van der Waals surface area contributed by atoms with Crippen LogP contribution in [-0.4, -0.2) is 34.3 Å². The Labute approximate surface area is 112 Å². The third-order valence-corrected chi connectivity index (χ3v) is 1.99. The summed E-state index contributed by atoms with van der Waals surface area (Å²) >= 11 is 0. The van der Waals surface area contributed by atoms with E-state index in [9.17, 15) is 9.59 Å². The second kappa shape index (κ2) is 6.21. The van der Waals surface area contributed by atoms with Gasteiger partial charge in [0.15, 0.2) is 5.82 Å². The number of carbonyl (C=O) groups is 2. The number of hydrogen-bond donors (Lipinski definition) is 3. The first-order chi connectivity index (χ1) is 8.76. The zero-order chi connectivity index (χ0) is 14.5. The van der Waals surface area contributed by atoms with E-state index < -0.39 is 11.7 Å². The lowest BCUT2D eigenvalue weighted by atomic mass is 10.2. The number of aromatic nitrogens is 2. The maximum atomic E-state index is 11.5. The first-order valence-electron chi connectivity index (χ1n) is 6.05. The van der Waals surface area contributed by atoms with Gasteiger partial charge in [0, 0.05) is 24.7 Å². The minimum atomic E-state index is -0.543. The molecule has 2 amide bonds. The van der Waals surface area contributed by atoms with Crippen molar-refractivity contribution in [2.24, 2.45) is 0 Å². The summed E-state index contributed by atoms with van der Waals surface area (Å²) in [7, 11) is 0. The Bertz CT molecular complexity index is 448. The summed E-state index contributed by atoms with van der Waals surface area (Å²) in [5.41, 5.74) is 0.320. The second-order valence-electron chi connectivity index (χ2n) is 5.16. The summed E-state index contributed by atoms with van der Waals surface area (Å²) in [6, 6.07) is 1.72. The molecule has 3 N–H and O–H groups in total. The smallest absolute Gasteiger partial charge is 0.407 e. The minimum Gasteiger partial charge on any atom is -0.444 e. The number of hydrogen-bond acceptors (Lipinski definition) is 4. The monoisotopic (exact) mass is 268 g/mol. The van der Waals surface area contributed by atoms with Crippen LogP contribution in [0.2, 0.25) is 0 Å². The number of aromatic amines is 1. The molecule has 0 aliphatic rings. The van der Waals surface area contributed by atoms with Gasteiger partial charge < -0.3 is 15.4 Å². The molecule has 0 aromatic carbocycles. The minimum absolute atomic E-state index is 0.158. The van der Waals surface area contributed by atoms with Gasteiger partial charge in [0.05, 0.1) is 0 Å². The van der Waals surface area contributed by atoms with Crippen molar-refractivity contribution in [1.82, 2.24) is 15.5 Å². The molecule has 1 aromatic heterocycles. The summed E-state index contributed by atoms with van der Waals surface area (Å²) in [5, 5.41) is 11.7. The van der Waals surface area contributed by atoms with Crippen molar-refractivity contribution in [1.29, 1.82) is 0 Å². The van der Waals surface area contributed by atoms with E-state index in [2.05, 4.69) is 20.8 Å². The van der Waals surface area contributed by atoms with Crippen LogP contribution in [0.4, 0.5) is 10.6 Å². The van der Waals surface area contributed by atoms with Crippen LogP contribution in [0.3, 0.4) is 0 Å². The van der Waals surface area contributed by atoms with E-state index in [1.807, 2.05) is 6.92 Å². The molecule has 7 heteroatoms. The van der Waals surface area contributed by atoms with Crippen LogP contribution in [0.5, 0.6) is 0 Å². The Balaban J connectivity index is 2.22. The van der Waals surface area contributed by atoms with Crippen molar-refractivity contribution < 1.29 is 14.3 Å². The zero-order valence-corrected chi connectivity index (χ0v) is 11.7. The topological polar surface area (TPSA) is 96.1 Å². The predicted molar refractivity (Wildman–Crippen MR) is 70.8 cm³/mol. The normalized spacial score (nSPS) is 10.9. The highest BCUT2D eigenvalue weighted by Crippen LogP contribution is 2.06. The lowest BCUT2D eigenvalue weighted by Crippen LogP contribution is -2.34. The lowest BCUT2D eigenvalue weighted by molar-refractivity contribution is -0.116. The van der Waals surface area contributed by atoms with Gasteiger partial charge in [-0.15, -0.1) is 0 Å². The van der Waals surface area contributed by atoms with Crippen LogP contribution in [0.15, 0.2) is 6.07 Å². The van der Waals surface area contributed by atoms with Crippen LogP contribution in [0.25, 0.3) is 0 Å². The molecule has 1 rings (SSSR count). The van der Waals surface area contributed by atoms with Gasteiger partial charge in [-0.1, -0.05) is 0 Å². The first kappa shape index (κ1) is 15.0. The third-order valence-electron chi connectivity index (χ3n) is 1.99. The quantitative estimate of drug-likeness (QED) is 0.772. The number of ether oxygens (including phenoxy) is 1. The van der Waals surface area contributed by atoms with Crippen LogP contribution in [0, 0.1) is 6.92 Å². The largest absolute Gasteiger partial charge is 0.444 e. The molecule has 1 heterocycles. The van der Waals surface area contributed by atoms with Crippen LogP contribution >= 0.6 is 0 Å². The summed E-state index contributed by atoms with van der Waals surface area (Å²) in [6.45, 7) is 7.38. The molecule has 0 fully saturated rings. The molecule has 106 valence electrons. The summed E-state index contributed by atoms with van der Waals surface area (Å²) in [4.78, 5) is 22.9. The maximum absolute atomic E-state index is 11.5. The lowest BCUT2D eigenvalue weighted by Gasteiger charge is -2.19. The van der Waals surface area contributed by atoms with Crippen LogP contribution < -0.4 is 10.6 Å². The predicted octanol–water partition coefficient (Wildman–Crippen LogP) is 1.57. The van der Waals surface area contributed by atoms with Gasteiger partial charge in [-0.25, -0.2) is 4.79 Å². The molecule has 19 heavy (non-hydrogen) atoms. The summed E-state index contributed by atoms with van der Waals surface area (Å²) in [5.74, 6) is 0.252. The molecular formula is C12H20N4O3. The maximum Gasteiger partial charge on any atom is 0.407 e. The standard InChI is InChI=1S/C12H20N4O3/c1-8-7-9(16-15-8)14-10(17)5-6-13-11(18)19-12(2,3)4/h7H,5-6H2,1-4H3,(H,13,18)(H2,14,15,16,17). The zero-order valence-electron chi connectivity index (χ0n) is 11.7. The molecule has 0 unspecified atom stereocenters. The molecule has 0 radical (unpaired) electrons. The first-order valence-corrected chi connectivity index (χ1v) is 6.05. The van der Waals surface area contributed by atoms with Gasteiger partial charge in [-0.05, 0) is 27.7 Å². The van der Waals surface area contributed by atoms with E-state index in [0.717, 1.165) is 5.69 Å². The second-order valence-corrected chi connectivity index (χ2v) is 5.16. The van der Waals surface area contributed by atoms with Gasteiger partial charge >= 0.3 is 6.09 Å². The van der Waals surface area contributed by atoms with Gasteiger partial charge in [-0.2, -0.15) is 5.10 Å². The number of nitrogens with one attached hydrogen (secondary N) is 3. The molecule has 0 bridgehead atoms. The third kappa shape index (κ3) is 6.44. The summed E-state index contributed by atoms with van der Waals surface area (Å²) < 4.78 is 5.04. The molecule has 0 spiro atoms. The number of alkyl carbamates (subject to hydrolysis) is 1. The highest BCUT2D eigenvalue weighted by molar-refractivity contribution is 5.90. The number of amides is 2. The van der Waals surface area contributed by atoms with Crippen molar-refractivity contribution >= 4 is 17.8 Å². The molecule has 0 saturated heterocycles. The van der Waals surface area contributed by atoms with E-state index >= 15 is 0 Å². The van der Waals surface area contributed by atoms with Gasteiger partial charge in [0.1, 0.15) is 5.60 Å². The Kier molecular flexibility index (Phi) is 4.91. The van der Waals surface area contributed by atoms with E-state index in [4.69, 9.17) is 4.74 Å². The Hall–Kier alpha value is -2.05. The Morgan fingerprint density at radius 1 is 1.42 bits per heavy atom. The van der Waals surface area contributed by atoms with Crippen molar-refractivity contribution in [3.63, 3.8) is 0 Å². The van der Waals surface area contributed by atoms with Crippen LogP contribution in [0.1, 0.15) is 32.9 Å². The average molecular weight is 268 g/mol. The summed E-state index contributed by atoms with van der Waals surface area (Å²) in [6.07, 6.45) is -0.374. The van der Waals surface area contributed by atoms with Crippen LogP contribution in [-0.2, 0) is 9.53 Å². The van der Waals surface area contributed by atoms with Gasteiger partial charge in [0.25, 0.3) is 0 Å². The fourth-order valence-corrected chi connectivity index (χ4v) is 1.28. The molecule has 0 atom stereocenters.